The van der Waals surface area contributed by atoms with Crippen LogP contribution in [0.3, 0.4) is 0 Å². The molecule has 1 aromatic rings. The number of nitrogens with zero attached hydrogens (tertiary/aromatic N) is 4. The zero-order valence-corrected chi connectivity index (χ0v) is 16.3. The Labute approximate surface area is 160 Å². The van der Waals surface area contributed by atoms with Crippen LogP contribution in [0, 0.1) is 5.92 Å². The van der Waals surface area contributed by atoms with Crippen molar-refractivity contribution in [1.82, 2.24) is 14.8 Å². The predicted molar refractivity (Wildman–Crippen MR) is 105 cm³/mol. The molecule has 2 amide bonds. The number of hydrogen-bond acceptors (Lipinski definition) is 5. The summed E-state index contributed by atoms with van der Waals surface area (Å²) in [5.41, 5.74) is 1.33. The summed E-state index contributed by atoms with van der Waals surface area (Å²) in [7, 11) is 4.15. The lowest BCUT2D eigenvalue weighted by Crippen LogP contribution is -2.43. The molecule has 27 heavy (non-hydrogen) atoms. The molecule has 0 radical (unpaired) electrons. The van der Waals surface area contributed by atoms with E-state index in [1.54, 1.807) is 6.20 Å². The number of rotatable bonds is 4. The first kappa shape index (κ1) is 18.2. The molecule has 0 bridgehead atoms. The molecular formula is C20H29N5O2. The lowest BCUT2D eigenvalue weighted by Gasteiger charge is -2.31. The van der Waals surface area contributed by atoms with Gasteiger partial charge in [0.25, 0.3) is 5.91 Å². The molecule has 2 fully saturated rings. The number of nitrogens with one attached hydrogen (secondary N) is 1. The minimum absolute atomic E-state index is 0.0171. The maximum atomic E-state index is 13.2. The van der Waals surface area contributed by atoms with Gasteiger partial charge in [0.05, 0.1) is 17.8 Å². The monoisotopic (exact) mass is 371 g/mol. The van der Waals surface area contributed by atoms with Crippen LogP contribution in [-0.4, -0.2) is 72.9 Å². The Balaban J connectivity index is 1.57. The normalized spacial score (nSPS) is 23.1. The number of amides is 2. The lowest BCUT2D eigenvalue weighted by atomic mass is 10.1. The van der Waals surface area contributed by atoms with E-state index in [0.29, 0.717) is 23.3 Å². The van der Waals surface area contributed by atoms with Crippen molar-refractivity contribution >= 4 is 23.3 Å². The molecule has 7 nitrogen and oxygen atoms in total. The highest BCUT2D eigenvalue weighted by molar-refractivity contribution is 6.04. The van der Waals surface area contributed by atoms with Gasteiger partial charge in [0.15, 0.2) is 0 Å². The Bertz CT molecular complexity index is 731. The average Bonchev–Trinajstić information content (AvgIpc) is 3.49. The number of pyridine rings is 1. The molecule has 2 aliphatic heterocycles. The summed E-state index contributed by atoms with van der Waals surface area (Å²) in [4.78, 5) is 36.0. The van der Waals surface area contributed by atoms with Gasteiger partial charge in [-0.05, 0) is 51.8 Å². The fourth-order valence-electron chi connectivity index (χ4n) is 3.97. The quantitative estimate of drug-likeness (QED) is 0.874. The van der Waals surface area contributed by atoms with Gasteiger partial charge in [-0.1, -0.05) is 6.42 Å². The van der Waals surface area contributed by atoms with Gasteiger partial charge in [0.2, 0.25) is 5.91 Å². The third kappa shape index (κ3) is 3.93. The average molecular weight is 371 g/mol. The van der Waals surface area contributed by atoms with E-state index in [1.165, 1.54) is 12.8 Å². The van der Waals surface area contributed by atoms with Crippen LogP contribution in [-0.2, 0) is 4.79 Å². The highest BCUT2D eigenvalue weighted by Crippen LogP contribution is 2.35. The predicted octanol–water partition coefficient (Wildman–Crippen LogP) is 1.81. The Morgan fingerprint density at radius 2 is 2.11 bits per heavy atom. The molecule has 7 heteroatoms. The van der Waals surface area contributed by atoms with Gasteiger partial charge in [-0.3, -0.25) is 9.59 Å². The van der Waals surface area contributed by atoms with Crippen molar-refractivity contribution in [3.63, 3.8) is 0 Å². The van der Waals surface area contributed by atoms with Gasteiger partial charge in [-0.25, -0.2) is 4.98 Å². The van der Waals surface area contributed by atoms with Crippen LogP contribution in [0.4, 0.5) is 11.5 Å². The Morgan fingerprint density at radius 1 is 1.30 bits per heavy atom. The van der Waals surface area contributed by atoms with Gasteiger partial charge in [0, 0.05) is 31.9 Å². The SMILES string of the molecule is CN(C)[C@H]1CCCCN(C(=O)c2cnc3c(c2)N(CC2CC2)C(=O)CN3)C1. The van der Waals surface area contributed by atoms with Crippen molar-refractivity contribution in [3.05, 3.63) is 17.8 Å². The van der Waals surface area contributed by atoms with Crippen LogP contribution >= 0.6 is 0 Å². The van der Waals surface area contributed by atoms with Crippen molar-refractivity contribution in [1.29, 1.82) is 0 Å². The van der Waals surface area contributed by atoms with E-state index in [-0.39, 0.29) is 18.4 Å². The van der Waals surface area contributed by atoms with E-state index in [1.807, 2.05) is 15.9 Å². The molecule has 1 N–H and O–H groups in total. The molecule has 4 rings (SSSR count). The third-order valence-electron chi connectivity index (χ3n) is 5.92. The van der Waals surface area contributed by atoms with Crippen molar-refractivity contribution in [3.8, 4) is 0 Å². The second kappa shape index (κ2) is 7.46. The summed E-state index contributed by atoms with van der Waals surface area (Å²) in [5.74, 6) is 1.37. The summed E-state index contributed by atoms with van der Waals surface area (Å²) in [6.45, 7) is 2.53. The van der Waals surface area contributed by atoms with Gasteiger partial charge >= 0.3 is 0 Å². The van der Waals surface area contributed by atoms with E-state index in [4.69, 9.17) is 0 Å². The fourth-order valence-corrected chi connectivity index (χ4v) is 3.97. The smallest absolute Gasteiger partial charge is 0.255 e. The maximum Gasteiger partial charge on any atom is 0.255 e. The number of likely N-dealkylation sites (N-methyl/N-ethyl adjacent to an activating group) is 1. The second-order valence-corrected chi connectivity index (χ2v) is 8.26. The molecular weight excluding hydrogens is 342 g/mol. The molecule has 1 saturated heterocycles. The van der Waals surface area contributed by atoms with Crippen LogP contribution in [0.2, 0.25) is 0 Å². The van der Waals surface area contributed by atoms with Crippen LogP contribution in [0.5, 0.6) is 0 Å². The van der Waals surface area contributed by atoms with Gasteiger partial charge in [-0.2, -0.15) is 0 Å². The summed E-state index contributed by atoms with van der Waals surface area (Å²) in [5, 5.41) is 3.08. The van der Waals surface area contributed by atoms with Crippen LogP contribution in [0.15, 0.2) is 12.3 Å². The number of carbonyl (C=O) groups excluding carboxylic acids is 2. The molecule has 1 saturated carbocycles. The van der Waals surface area contributed by atoms with Crippen molar-refractivity contribution in [2.45, 2.75) is 38.1 Å². The number of likely N-dealkylation sites (tertiary alicyclic amines) is 1. The highest BCUT2D eigenvalue weighted by Gasteiger charge is 2.32. The largest absolute Gasteiger partial charge is 0.359 e. The standard InChI is InChI=1S/C20H29N5O2/c1-23(2)16-5-3-4-8-24(13-16)20(27)15-9-17-19(21-10-15)22-11-18(26)25(17)12-14-6-7-14/h9-10,14,16H,3-8,11-13H2,1-2H3,(H,21,22)/t16-/m0/s1. The van der Waals surface area contributed by atoms with Gasteiger partial charge in [-0.15, -0.1) is 0 Å². The first-order valence-electron chi connectivity index (χ1n) is 10.0. The second-order valence-electron chi connectivity index (χ2n) is 8.26. The zero-order chi connectivity index (χ0) is 19.0. The molecule has 0 unspecified atom stereocenters. The number of carbonyl (C=O) groups is 2. The van der Waals surface area contributed by atoms with Gasteiger partial charge < -0.3 is 20.0 Å². The molecule has 0 spiro atoms. The molecule has 3 aliphatic rings. The summed E-state index contributed by atoms with van der Waals surface area (Å²) in [6.07, 6.45) is 7.29. The lowest BCUT2D eigenvalue weighted by molar-refractivity contribution is -0.117. The van der Waals surface area contributed by atoms with Gasteiger partial charge in [0.1, 0.15) is 5.82 Å². The Morgan fingerprint density at radius 3 is 2.85 bits per heavy atom. The number of hydrogen-bond donors (Lipinski definition) is 1. The Kier molecular flexibility index (Phi) is 5.04. The molecule has 3 heterocycles. The van der Waals surface area contributed by atoms with E-state index in [2.05, 4.69) is 29.3 Å². The van der Waals surface area contributed by atoms with Crippen molar-refractivity contribution in [2.24, 2.45) is 5.92 Å². The first-order valence-corrected chi connectivity index (χ1v) is 10.0. The fraction of sp³-hybridized carbons (Fsp3) is 0.650. The Hall–Kier alpha value is -2.15. The topological polar surface area (TPSA) is 68.8 Å². The molecule has 1 aliphatic carbocycles. The van der Waals surface area contributed by atoms with E-state index >= 15 is 0 Å². The first-order chi connectivity index (χ1) is 13.0. The maximum absolute atomic E-state index is 13.2. The molecule has 1 atom stereocenters. The number of fused-ring (bicyclic) bond motifs is 1. The molecule has 146 valence electrons. The van der Waals surface area contributed by atoms with Crippen LogP contribution in [0.1, 0.15) is 42.5 Å². The van der Waals surface area contributed by atoms with Crippen LogP contribution in [0.25, 0.3) is 0 Å². The van der Waals surface area contributed by atoms with Crippen LogP contribution < -0.4 is 10.2 Å². The number of aromatic nitrogens is 1. The minimum Gasteiger partial charge on any atom is -0.359 e. The molecule has 1 aromatic heterocycles. The third-order valence-corrected chi connectivity index (χ3v) is 5.92. The summed E-state index contributed by atoms with van der Waals surface area (Å²) < 4.78 is 0. The summed E-state index contributed by atoms with van der Waals surface area (Å²) in [6, 6.07) is 2.24. The zero-order valence-electron chi connectivity index (χ0n) is 16.3. The van der Waals surface area contributed by atoms with E-state index < -0.39 is 0 Å². The number of anilines is 2. The van der Waals surface area contributed by atoms with Crippen molar-refractivity contribution in [2.75, 3.05) is 50.5 Å². The molecule has 0 aromatic carbocycles. The van der Waals surface area contributed by atoms with E-state index in [0.717, 1.165) is 44.6 Å². The minimum atomic E-state index is 0.0171. The highest BCUT2D eigenvalue weighted by atomic mass is 16.2. The van der Waals surface area contributed by atoms with Crippen molar-refractivity contribution < 1.29 is 9.59 Å². The summed E-state index contributed by atoms with van der Waals surface area (Å²) >= 11 is 0. The van der Waals surface area contributed by atoms with E-state index in [9.17, 15) is 9.59 Å².